The molecule has 0 bridgehead atoms. The molecule has 0 saturated carbocycles. The SMILES string of the molecule is Cc1cc(Nc2cnccn2)nc(C2CCCN(C(=O)/C=C/c3cnc[nH]3)C2)n1. The van der Waals surface area contributed by atoms with Crippen molar-refractivity contribution in [3.8, 4) is 0 Å². The van der Waals surface area contributed by atoms with E-state index in [2.05, 4.69) is 35.2 Å². The molecule has 2 N–H and O–H groups in total. The number of hydrogen-bond acceptors (Lipinski definition) is 7. The van der Waals surface area contributed by atoms with Crippen LogP contribution < -0.4 is 5.32 Å². The van der Waals surface area contributed by atoms with Crippen molar-refractivity contribution in [2.75, 3.05) is 18.4 Å². The second-order valence-corrected chi connectivity index (χ2v) is 6.93. The Morgan fingerprint density at radius 1 is 1.24 bits per heavy atom. The van der Waals surface area contributed by atoms with Crippen molar-refractivity contribution in [2.45, 2.75) is 25.7 Å². The van der Waals surface area contributed by atoms with Crippen LogP contribution >= 0.6 is 0 Å². The van der Waals surface area contributed by atoms with Gasteiger partial charge in [0, 0.05) is 49.2 Å². The average molecular weight is 390 g/mol. The van der Waals surface area contributed by atoms with Gasteiger partial charge in [0.15, 0.2) is 0 Å². The van der Waals surface area contributed by atoms with Gasteiger partial charge >= 0.3 is 0 Å². The predicted molar refractivity (Wildman–Crippen MR) is 108 cm³/mol. The number of nitrogens with one attached hydrogen (secondary N) is 2. The third-order valence-corrected chi connectivity index (χ3v) is 4.71. The Morgan fingerprint density at radius 2 is 2.17 bits per heavy atom. The standard InChI is InChI=1S/C20H22N8O/c1-14-9-17(26-18-11-21-6-7-23-18)27-20(25-14)15-3-2-8-28(12-15)19(29)5-4-16-10-22-13-24-16/h4-7,9-11,13,15H,2-3,8,12H2,1H3,(H,22,24)(H,23,25,26,27)/b5-4+. The molecule has 1 saturated heterocycles. The van der Waals surface area contributed by atoms with Gasteiger partial charge in [-0.3, -0.25) is 9.78 Å². The summed E-state index contributed by atoms with van der Waals surface area (Å²) in [4.78, 5) is 38.9. The van der Waals surface area contributed by atoms with Crippen molar-refractivity contribution < 1.29 is 4.79 Å². The maximum Gasteiger partial charge on any atom is 0.246 e. The van der Waals surface area contributed by atoms with Crippen molar-refractivity contribution >= 4 is 23.6 Å². The van der Waals surface area contributed by atoms with Crippen molar-refractivity contribution in [1.82, 2.24) is 34.8 Å². The number of aryl methyl sites for hydroxylation is 1. The number of amides is 1. The first kappa shape index (κ1) is 18.7. The molecule has 3 aromatic heterocycles. The van der Waals surface area contributed by atoms with Gasteiger partial charge in [0.05, 0.1) is 24.4 Å². The van der Waals surface area contributed by atoms with Gasteiger partial charge in [-0.1, -0.05) is 0 Å². The summed E-state index contributed by atoms with van der Waals surface area (Å²) in [6.07, 6.45) is 13.3. The van der Waals surface area contributed by atoms with Gasteiger partial charge < -0.3 is 15.2 Å². The zero-order chi connectivity index (χ0) is 20.1. The number of anilines is 2. The molecule has 1 aliphatic heterocycles. The van der Waals surface area contributed by atoms with Crippen LogP contribution in [0, 0.1) is 6.92 Å². The lowest BCUT2D eigenvalue weighted by Gasteiger charge is -2.31. The number of aromatic amines is 1. The van der Waals surface area contributed by atoms with Crippen LogP contribution in [0.3, 0.4) is 0 Å². The molecule has 4 rings (SSSR count). The summed E-state index contributed by atoms with van der Waals surface area (Å²) in [5, 5.41) is 3.17. The number of imidazole rings is 1. The number of rotatable bonds is 5. The van der Waals surface area contributed by atoms with E-state index in [-0.39, 0.29) is 11.8 Å². The fraction of sp³-hybridized carbons (Fsp3) is 0.300. The van der Waals surface area contributed by atoms with Crippen molar-refractivity contribution in [1.29, 1.82) is 0 Å². The van der Waals surface area contributed by atoms with Gasteiger partial charge in [0.1, 0.15) is 17.5 Å². The molecule has 4 heterocycles. The molecule has 1 aliphatic rings. The highest BCUT2D eigenvalue weighted by molar-refractivity contribution is 5.91. The van der Waals surface area contributed by atoms with Crippen LogP contribution in [0.1, 0.15) is 36.0 Å². The fourth-order valence-electron chi connectivity index (χ4n) is 3.35. The summed E-state index contributed by atoms with van der Waals surface area (Å²) in [5.41, 5.74) is 1.66. The number of piperidine rings is 1. The Labute approximate surface area is 168 Å². The molecule has 0 radical (unpaired) electrons. The Hall–Kier alpha value is -3.62. The van der Waals surface area contributed by atoms with Crippen LogP contribution in [0.25, 0.3) is 6.08 Å². The maximum atomic E-state index is 12.6. The molecular formula is C20H22N8O. The molecule has 1 unspecified atom stereocenters. The summed E-state index contributed by atoms with van der Waals surface area (Å²) < 4.78 is 0. The van der Waals surface area contributed by atoms with E-state index in [4.69, 9.17) is 0 Å². The van der Waals surface area contributed by atoms with E-state index in [1.54, 1.807) is 43.3 Å². The molecule has 148 valence electrons. The lowest BCUT2D eigenvalue weighted by Crippen LogP contribution is -2.38. The van der Waals surface area contributed by atoms with Crippen molar-refractivity contribution in [3.05, 3.63) is 60.5 Å². The maximum absolute atomic E-state index is 12.6. The number of hydrogen-bond donors (Lipinski definition) is 2. The largest absolute Gasteiger partial charge is 0.345 e. The fourth-order valence-corrected chi connectivity index (χ4v) is 3.35. The quantitative estimate of drug-likeness (QED) is 0.644. The highest BCUT2D eigenvalue weighted by Crippen LogP contribution is 2.26. The highest BCUT2D eigenvalue weighted by Gasteiger charge is 2.26. The Kier molecular flexibility index (Phi) is 5.55. The van der Waals surface area contributed by atoms with E-state index in [1.807, 2.05) is 17.9 Å². The zero-order valence-corrected chi connectivity index (χ0v) is 16.1. The van der Waals surface area contributed by atoms with E-state index in [9.17, 15) is 4.79 Å². The van der Waals surface area contributed by atoms with E-state index in [0.717, 1.165) is 36.6 Å². The van der Waals surface area contributed by atoms with Crippen LogP contribution in [-0.4, -0.2) is 53.8 Å². The van der Waals surface area contributed by atoms with E-state index < -0.39 is 0 Å². The molecule has 9 heteroatoms. The Morgan fingerprint density at radius 3 is 2.97 bits per heavy atom. The van der Waals surface area contributed by atoms with Gasteiger partial charge in [0.2, 0.25) is 5.91 Å². The van der Waals surface area contributed by atoms with Crippen LogP contribution in [-0.2, 0) is 4.79 Å². The number of nitrogens with zero attached hydrogens (tertiary/aromatic N) is 6. The first-order valence-corrected chi connectivity index (χ1v) is 9.51. The van der Waals surface area contributed by atoms with Crippen LogP contribution in [0.15, 0.2) is 43.3 Å². The molecule has 9 nitrogen and oxygen atoms in total. The van der Waals surface area contributed by atoms with Gasteiger partial charge in [-0.05, 0) is 25.8 Å². The van der Waals surface area contributed by atoms with E-state index >= 15 is 0 Å². The third kappa shape index (κ3) is 4.81. The van der Waals surface area contributed by atoms with E-state index in [1.165, 1.54) is 0 Å². The molecule has 3 aromatic rings. The van der Waals surface area contributed by atoms with Gasteiger partial charge in [-0.25, -0.2) is 19.9 Å². The minimum absolute atomic E-state index is 0.0186. The molecular weight excluding hydrogens is 368 g/mol. The lowest BCUT2D eigenvalue weighted by molar-refractivity contribution is -0.127. The molecule has 0 aliphatic carbocycles. The molecule has 0 aromatic carbocycles. The monoisotopic (exact) mass is 390 g/mol. The number of carbonyl (C=O) groups is 1. The van der Waals surface area contributed by atoms with Gasteiger partial charge in [0.25, 0.3) is 0 Å². The second kappa shape index (κ2) is 8.59. The molecule has 1 fully saturated rings. The smallest absolute Gasteiger partial charge is 0.246 e. The Balaban J connectivity index is 1.47. The van der Waals surface area contributed by atoms with Gasteiger partial charge in [-0.2, -0.15) is 0 Å². The summed E-state index contributed by atoms with van der Waals surface area (Å²) in [7, 11) is 0. The van der Waals surface area contributed by atoms with Crippen molar-refractivity contribution in [2.24, 2.45) is 0 Å². The normalized spacial score (nSPS) is 16.9. The van der Waals surface area contributed by atoms with Crippen LogP contribution in [0.4, 0.5) is 11.6 Å². The Bertz CT molecular complexity index is 987. The third-order valence-electron chi connectivity index (χ3n) is 4.71. The molecule has 1 amide bonds. The van der Waals surface area contributed by atoms with Crippen LogP contribution in [0.5, 0.6) is 0 Å². The molecule has 1 atom stereocenters. The predicted octanol–water partition coefficient (Wildman–Crippen LogP) is 2.46. The lowest BCUT2D eigenvalue weighted by atomic mass is 9.97. The number of aromatic nitrogens is 6. The number of likely N-dealkylation sites (tertiary alicyclic amines) is 1. The summed E-state index contributed by atoms with van der Waals surface area (Å²) >= 11 is 0. The zero-order valence-electron chi connectivity index (χ0n) is 16.1. The van der Waals surface area contributed by atoms with E-state index in [0.29, 0.717) is 18.2 Å². The summed E-state index contributed by atoms with van der Waals surface area (Å²) in [6.45, 7) is 3.27. The first-order chi connectivity index (χ1) is 14.2. The highest BCUT2D eigenvalue weighted by atomic mass is 16.2. The molecule has 0 spiro atoms. The molecule has 29 heavy (non-hydrogen) atoms. The minimum atomic E-state index is -0.0186. The number of carbonyl (C=O) groups excluding carboxylic acids is 1. The second-order valence-electron chi connectivity index (χ2n) is 6.93. The summed E-state index contributed by atoms with van der Waals surface area (Å²) in [6, 6.07) is 1.87. The van der Waals surface area contributed by atoms with Crippen LogP contribution in [0.2, 0.25) is 0 Å². The topological polar surface area (TPSA) is 113 Å². The number of H-pyrrole nitrogens is 1. The van der Waals surface area contributed by atoms with Crippen molar-refractivity contribution in [3.63, 3.8) is 0 Å². The minimum Gasteiger partial charge on any atom is -0.345 e. The van der Waals surface area contributed by atoms with Gasteiger partial charge in [-0.15, -0.1) is 0 Å². The first-order valence-electron chi connectivity index (χ1n) is 9.51. The summed E-state index contributed by atoms with van der Waals surface area (Å²) in [5.74, 6) is 2.12. The average Bonchev–Trinajstić information content (AvgIpc) is 3.26.